The number of aromatic nitrogens is 1. The zero-order valence-electron chi connectivity index (χ0n) is 10.8. The Morgan fingerprint density at radius 3 is 2.38 bits per heavy atom. The van der Waals surface area contributed by atoms with Crippen molar-refractivity contribution < 1.29 is 13.2 Å². The quantitative estimate of drug-likeness (QED) is 0.791. The van der Waals surface area contributed by atoms with Crippen LogP contribution in [0.15, 0.2) is 34.7 Å². The van der Waals surface area contributed by atoms with Gasteiger partial charge in [0.25, 0.3) is 10.0 Å². The van der Waals surface area contributed by atoms with Gasteiger partial charge in [-0.25, -0.2) is 18.2 Å². The van der Waals surface area contributed by atoms with Crippen molar-refractivity contribution in [1.82, 2.24) is 10.3 Å². The molecule has 0 radical (unpaired) electrons. The molecule has 0 fully saturated rings. The Hall–Kier alpha value is -1.84. The maximum atomic E-state index is 12.0. The zero-order chi connectivity index (χ0) is 15.5. The fourth-order valence-corrected chi connectivity index (χ4v) is 3.74. The number of thiazole rings is 1. The second kappa shape index (κ2) is 6.29. The van der Waals surface area contributed by atoms with Crippen molar-refractivity contribution in [3.63, 3.8) is 0 Å². The molecular weight excluding hydrogens is 336 g/mol. The van der Waals surface area contributed by atoms with E-state index in [1.807, 2.05) is 0 Å². The molecule has 7 nitrogen and oxygen atoms in total. The number of anilines is 2. The van der Waals surface area contributed by atoms with Gasteiger partial charge in [0.2, 0.25) is 0 Å². The van der Waals surface area contributed by atoms with Gasteiger partial charge in [-0.15, -0.1) is 0 Å². The average Bonchev–Trinajstić information content (AvgIpc) is 2.88. The molecule has 3 N–H and O–H groups in total. The highest BCUT2D eigenvalue weighted by atomic mass is 35.5. The van der Waals surface area contributed by atoms with Crippen molar-refractivity contribution in [3.05, 3.63) is 34.9 Å². The van der Waals surface area contributed by atoms with Crippen molar-refractivity contribution in [2.45, 2.75) is 4.21 Å². The smallest absolute Gasteiger partial charge is 0.318 e. The van der Waals surface area contributed by atoms with Crippen molar-refractivity contribution in [2.24, 2.45) is 0 Å². The van der Waals surface area contributed by atoms with Gasteiger partial charge < -0.3 is 10.6 Å². The molecular formula is C11H11ClN4O3S2. The lowest BCUT2D eigenvalue weighted by molar-refractivity contribution is 0.254. The summed E-state index contributed by atoms with van der Waals surface area (Å²) >= 11 is 6.49. The van der Waals surface area contributed by atoms with E-state index in [1.54, 1.807) is 12.1 Å². The van der Waals surface area contributed by atoms with Gasteiger partial charge in [0.1, 0.15) is 0 Å². The summed E-state index contributed by atoms with van der Waals surface area (Å²) in [5.74, 6) is 0. The van der Waals surface area contributed by atoms with E-state index in [-0.39, 0.29) is 14.7 Å². The normalized spacial score (nSPS) is 11.0. The summed E-state index contributed by atoms with van der Waals surface area (Å²) in [4.78, 5) is 14.8. The summed E-state index contributed by atoms with van der Waals surface area (Å²) in [5.41, 5.74) is 0.903. The van der Waals surface area contributed by atoms with Crippen molar-refractivity contribution in [3.8, 4) is 0 Å². The molecule has 0 aliphatic carbocycles. The average molecular weight is 347 g/mol. The fraction of sp³-hybridized carbons (Fsp3) is 0.0909. The number of hydrogen-bond acceptors (Lipinski definition) is 5. The molecule has 0 atom stereocenters. The number of urea groups is 1. The number of hydrogen-bond donors (Lipinski definition) is 3. The van der Waals surface area contributed by atoms with Crippen LogP contribution in [0.4, 0.5) is 16.2 Å². The number of amides is 2. The van der Waals surface area contributed by atoms with Crippen LogP contribution < -0.4 is 15.4 Å². The molecule has 0 aliphatic heterocycles. The van der Waals surface area contributed by atoms with E-state index in [2.05, 4.69) is 20.3 Å². The van der Waals surface area contributed by atoms with Gasteiger partial charge in [0.05, 0.1) is 6.20 Å². The molecule has 0 saturated heterocycles. The van der Waals surface area contributed by atoms with E-state index >= 15 is 0 Å². The summed E-state index contributed by atoms with van der Waals surface area (Å²) in [6.45, 7) is 0. The van der Waals surface area contributed by atoms with Crippen LogP contribution in [0.3, 0.4) is 0 Å². The second-order valence-corrected chi connectivity index (χ2v) is 7.34. The molecule has 0 bridgehead atoms. The predicted octanol–water partition coefficient (Wildman–Crippen LogP) is 2.35. The monoisotopic (exact) mass is 346 g/mol. The topological polar surface area (TPSA) is 100 Å². The number of benzene rings is 1. The molecule has 21 heavy (non-hydrogen) atoms. The Labute approximate surface area is 130 Å². The summed E-state index contributed by atoms with van der Waals surface area (Å²) < 4.78 is 26.7. The van der Waals surface area contributed by atoms with Gasteiger partial charge in [-0.2, -0.15) is 0 Å². The third-order valence-corrected chi connectivity index (χ3v) is 5.30. The van der Waals surface area contributed by atoms with Crippen molar-refractivity contribution in [1.29, 1.82) is 0 Å². The summed E-state index contributed by atoms with van der Waals surface area (Å²) in [7, 11) is -2.21. The lowest BCUT2D eigenvalue weighted by Crippen LogP contribution is -2.24. The largest absolute Gasteiger partial charge is 0.341 e. The van der Waals surface area contributed by atoms with Gasteiger partial charge in [0.15, 0.2) is 8.68 Å². The highest BCUT2D eigenvalue weighted by Crippen LogP contribution is 2.25. The van der Waals surface area contributed by atoms with Crippen LogP contribution in [0.1, 0.15) is 0 Å². The number of nitrogens with one attached hydrogen (secondary N) is 3. The van der Waals surface area contributed by atoms with E-state index in [9.17, 15) is 13.2 Å². The van der Waals surface area contributed by atoms with Crippen molar-refractivity contribution in [2.75, 3.05) is 17.1 Å². The lowest BCUT2D eigenvalue weighted by atomic mass is 10.3. The minimum Gasteiger partial charge on any atom is -0.341 e. The number of carbonyl (C=O) groups excluding carboxylic acids is 1. The first-order valence-corrected chi connectivity index (χ1v) is 8.31. The Kier molecular flexibility index (Phi) is 4.66. The van der Waals surface area contributed by atoms with Gasteiger partial charge >= 0.3 is 6.03 Å². The van der Waals surface area contributed by atoms with Crippen LogP contribution in [0.2, 0.25) is 4.47 Å². The van der Waals surface area contributed by atoms with Crippen LogP contribution in [-0.4, -0.2) is 26.5 Å². The van der Waals surface area contributed by atoms with Gasteiger partial charge in [-0.3, -0.25) is 4.72 Å². The molecule has 2 rings (SSSR count). The molecule has 10 heteroatoms. The Bertz CT molecular complexity index is 743. The Balaban J connectivity index is 2.11. The molecule has 2 aromatic rings. The first-order chi connectivity index (χ1) is 9.90. The number of sulfonamides is 1. The highest BCUT2D eigenvalue weighted by molar-refractivity contribution is 7.94. The zero-order valence-corrected chi connectivity index (χ0v) is 13.1. The predicted molar refractivity (Wildman–Crippen MR) is 82.5 cm³/mol. The Morgan fingerprint density at radius 2 is 1.86 bits per heavy atom. The number of carbonyl (C=O) groups is 1. The van der Waals surface area contributed by atoms with Crippen LogP contribution in [-0.2, 0) is 10.0 Å². The molecule has 0 spiro atoms. The number of halogens is 1. The third kappa shape index (κ3) is 4.06. The van der Waals surface area contributed by atoms with E-state index in [4.69, 9.17) is 11.6 Å². The molecule has 1 heterocycles. The first-order valence-electron chi connectivity index (χ1n) is 5.63. The van der Waals surface area contributed by atoms with Crippen LogP contribution in [0.5, 0.6) is 0 Å². The van der Waals surface area contributed by atoms with Gasteiger partial charge in [-0.05, 0) is 24.3 Å². The van der Waals surface area contributed by atoms with Crippen LogP contribution in [0, 0.1) is 0 Å². The molecule has 0 saturated carbocycles. The molecule has 0 aliphatic rings. The Morgan fingerprint density at radius 1 is 1.24 bits per heavy atom. The van der Waals surface area contributed by atoms with Crippen LogP contribution in [0.25, 0.3) is 0 Å². The maximum Gasteiger partial charge on any atom is 0.318 e. The van der Waals surface area contributed by atoms with Gasteiger partial charge in [-0.1, -0.05) is 22.9 Å². The lowest BCUT2D eigenvalue weighted by Gasteiger charge is -2.08. The van der Waals surface area contributed by atoms with Gasteiger partial charge in [0, 0.05) is 18.4 Å². The molecule has 112 valence electrons. The minimum absolute atomic E-state index is 0.0278. The van der Waals surface area contributed by atoms with E-state index in [0.717, 1.165) is 11.3 Å². The summed E-state index contributed by atoms with van der Waals surface area (Å²) in [6, 6.07) is 5.86. The third-order valence-electron chi connectivity index (χ3n) is 2.34. The summed E-state index contributed by atoms with van der Waals surface area (Å²) in [6.07, 6.45) is 1.19. The first kappa shape index (κ1) is 15.5. The van der Waals surface area contributed by atoms with E-state index in [0.29, 0.717) is 11.4 Å². The van der Waals surface area contributed by atoms with Crippen molar-refractivity contribution >= 4 is 50.4 Å². The molecule has 2 amide bonds. The molecule has 1 aromatic heterocycles. The molecule has 1 aromatic carbocycles. The maximum absolute atomic E-state index is 12.0. The number of nitrogens with zero attached hydrogens (tertiary/aromatic N) is 1. The molecule has 0 unspecified atom stereocenters. The van der Waals surface area contributed by atoms with E-state index < -0.39 is 10.0 Å². The highest BCUT2D eigenvalue weighted by Gasteiger charge is 2.17. The standard InChI is InChI=1S/C11H11ClN4O3S2/c1-13-11(17)15-7-2-4-8(5-3-7)16-21(18,19)9-6-14-10(12)20-9/h2-6,16H,1H3,(H2,13,15,17). The fourth-order valence-electron chi connectivity index (χ4n) is 1.38. The second-order valence-electron chi connectivity index (χ2n) is 3.82. The van der Waals surface area contributed by atoms with Crippen LogP contribution >= 0.6 is 22.9 Å². The minimum atomic E-state index is -3.71. The SMILES string of the molecule is CNC(=O)Nc1ccc(NS(=O)(=O)c2cnc(Cl)s2)cc1. The summed E-state index contributed by atoms with van der Waals surface area (Å²) in [5, 5.41) is 4.97. The number of rotatable bonds is 4. The van der Waals surface area contributed by atoms with E-state index in [1.165, 1.54) is 25.4 Å².